The van der Waals surface area contributed by atoms with Gasteiger partial charge in [0.15, 0.2) is 0 Å². The number of nitrogens with zero attached hydrogens (tertiary/aromatic N) is 1. The lowest BCUT2D eigenvalue weighted by molar-refractivity contribution is -0.115. The summed E-state index contributed by atoms with van der Waals surface area (Å²) in [5.74, 6) is -0.165. The van der Waals surface area contributed by atoms with Crippen molar-refractivity contribution in [2.24, 2.45) is 4.99 Å². The zero-order valence-corrected chi connectivity index (χ0v) is 11.6. The van der Waals surface area contributed by atoms with E-state index in [1.807, 2.05) is 6.07 Å². The Hall–Kier alpha value is -2.46. The quantitative estimate of drug-likeness (QED) is 0.849. The van der Waals surface area contributed by atoms with E-state index >= 15 is 0 Å². The molecule has 0 unspecified atom stereocenters. The Morgan fingerprint density at radius 2 is 1.90 bits per heavy atom. The highest BCUT2D eigenvalue weighted by molar-refractivity contribution is 6.31. The zero-order chi connectivity index (χ0) is 14.8. The molecule has 0 fully saturated rings. The third-order valence-corrected chi connectivity index (χ3v) is 3.20. The van der Waals surface area contributed by atoms with Crippen LogP contribution in [0, 0.1) is 5.82 Å². The number of amides is 1. The maximum atomic E-state index is 12.9. The summed E-state index contributed by atoms with van der Waals surface area (Å²) in [6.45, 7) is 0. The van der Waals surface area contributed by atoms with Crippen LogP contribution in [0.25, 0.3) is 6.08 Å². The fourth-order valence-corrected chi connectivity index (χ4v) is 2.15. The van der Waals surface area contributed by atoms with E-state index in [-0.39, 0.29) is 17.4 Å². The first-order valence-corrected chi connectivity index (χ1v) is 6.63. The molecule has 1 aliphatic heterocycles. The van der Waals surface area contributed by atoms with Gasteiger partial charge in [-0.1, -0.05) is 35.9 Å². The summed E-state index contributed by atoms with van der Waals surface area (Å²) in [5, 5.41) is 3.26. The number of aliphatic imine (C=N–C) groups is 1. The number of carbonyl (C=O) groups is 1. The maximum Gasteiger partial charge on any atom is 0.275 e. The van der Waals surface area contributed by atoms with Crippen molar-refractivity contribution >= 4 is 29.4 Å². The lowest BCUT2D eigenvalue weighted by atomic mass is 10.2. The monoisotopic (exact) mass is 300 g/mol. The first kappa shape index (κ1) is 13.5. The third-order valence-electron chi connectivity index (χ3n) is 2.97. The molecule has 3 rings (SSSR count). The van der Waals surface area contributed by atoms with Crippen molar-refractivity contribution in [1.82, 2.24) is 5.32 Å². The van der Waals surface area contributed by atoms with Crippen LogP contribution in [0.15, 0.2) is 59.2 Å². The lowest BCUT2D eigenvalue weighted by Crippen LogP contribution is -2.24. The van der Waals surface area contributed by atoms with E-state index in [1.165, 1.54) is 12.1 Å². The molecular formula is C16H10ClFN2O. The van der Waals surface area contributed by atoms with Gasteiger partial charge in [0, 0.05) is 10.6 Å². The van der Waals surface area contributed by atoms with Crippen LogP contribution in [0.4, 0.5) is 4.39 Å². The molecule has 0 spiro atoms. The van der Waals surface area contributed by atoms with Gasteiger partial charge in [0.05, 0.1) is 0 Å². The number of nitrogens with one attached hydrogen (secondary N) is 1. The molecule has 0 radical (unpaired) electrons. The summed E-state index contributed by atoms with van der Waals surface area (Å²) < 4.78 is 12.9. The Kier molecular flexibility index (Phi) is 3.54. The van der Waals surface area contributed by atoms with Crippen LogP contribution >= 0.6 is 11.6 Å². The van der Waals surface area contributed by atoms with Crippen LogP contribution in [0.3, 0.4) is 0 Å². The molecule has 3 nitrogen and oxygen atoms in total. The minimum Gasteiger partial charge on any atom is -0.305 e. The Morgan fingerprint density at radius 3 is 2.62 bits per heavy atom. The van der Waals surface area contributed by atoms with Crippen molar-refractivity contribution in [3.8, 4) is 0 Å². The third kappa shape index (κ3) is 3.01. The van der Waals surface area contributed by atoms with E-state index in [0.717, 1.165) is 5.56 Å². The molecule has 2 aromatic rings. The predicted octanol–water partition coefficient (Wildman–Crippen LogP) is 3.40. The fourth-order valence-electron chi connectivity index (χ4n) is 1.96. The predicted molar refractivity (Wildman–Crippen MR) is 80.5 cm³/mol. The van der Waals surface area contributed by atoms with Crippen LogP contribution in [-0.2, 0) is 4.79 Å². The topological polar surface area (TPSA) is 41.5 Å². The van der Waals surface area contributed by atoms with Gasteiger partial charge < -0.3 is 5.32 Å². The minimum absolute atomic E-state index is 0.275. The van der Waals surface area contributed by atoms with E-state index in [4.69, 9.17) is 11.6 Å². The molecule has 2 aromatic carbocycles. The molecule has 1 amide bonds. The highest BCUT2D eigenvalue weighted by Crippen LogP contribution is 2.17. The summed E-state index contributed by atoms with van der Waals surface area (Å²) in [5.41, 5.74) is 1.72. The van der Waals surface area contributed by atoms with Crippen LogP contribution in [0.5, 0.6) is 0 Å². The highest BCUT2D eigenvalue weighted by Gasteiger charge is 2.21. The average molecular weight is 301 g/mol. The molecular weight excluding hydrogens is 291 g/mol. The molecule has 5 heteroatoms. The maximum absolute atomic E-state index is 12.9. The van der Waals surface area contributed by atoms with E-state index in [1.54, 1.807) is 36.4 Å². The number of halogens is 2. The Morgan fingerprint density at radius 1 is 1.14 bits per heavy atom. The van der Waals surface area contributed by atoms with Gasteiger partial charge >= 0.3 is 0 Å². The number of carbonyl (C=O) groups excluding carboxylic acids is 1. The van der Waals surface area contributed by atoms with Crippen molar-refractivity contribution in [3.63, 3.8) is 0 Å². The Balaban J connectivity index is 1.93. The molecule has 0 atom stereocenters. The SMILES string of the molecule is O=C1NC(c2cccc(Cl)c2)=N/C1=C/c1ccc(F)cc1. The summed E-state index contributed by atoms with van der Waals surface area (Å²) >= 11 is 5.92. The molecule has 0 bridgehead atoms. The molecule has 0 aromatic heterocycles. The van der Waals surface area contributed by atoms with E-state index in [2.05, 4.69) is 10.3 Å². The Bertz CT molecular complexity index is 766. The number of hydrogen-bond donors (Lipinski definition) is 1. The van der Waals surface area contributed by atoms with Gasteiger partial charge in [0.2, 0.25) is 0 Å². The lowest BCUT2D eigenvalue weighted by Gasteiger charge is -2.00. The number of rotatable bonds is 2. The smallest absolute Gasteiger partial charge is 0.275 e. The van der Waals surface area contributed by atoms with Crippen LogP contribution < -0.4 is 5.32 Å². The van der Waals surface area contributed by atoms with E-state index < -0.39 is 0 Å². The van der Waals surface area contributed by atoms with Crippen molar-refractivity contribution in [2.75, 3.05) is 0 Å². The molecule has 21 heavy (non-hydrogen) atoms. The van der Waals surface area contributed by atoms with Crippen LogP contribution in [0.2, 0.25) is 5.02 Å². The molecule has 1 heterocycles. The number of benzene rings is 2. The summed E-state index contributed by atoms with van der Waals surface area (Å²) in [6, 6.07) is 12.9. The molecule has 1 N–H and O–H groups in total. The first-order valence-electron chi connectivity index (χ1n) is 6.25. The summed E-state index contributed by atoms with van der Waals surface area (Å²) in [7, 11) is 0. The standard InChI is InChI=1S/C16H10ClFN2O/c17-12-3-1-2-11(9-12)15-19-14(16(21)20-15)8-10-4-6-13(18)7-5-10/h1-9H,(H,19,20,21)/b14-8+. The second-order valence-corrected chi connectivity index (χ2v) is 4.94. The summed E-state index contributed by atoms with van der Waals surface area (Å²) in [4.78, 5) is 16.2. The normalized spacial score (nSPS) is 16.0. The number of hydrogen-bond acceptors (Lipinski definition) is 2. The van der Waals surface area contributed by atoms with Gasteiger partial charge in [0.25, 0.3) is 5.91 Å². The molecule has 0 saturated heterocycles. The van der Waals surface area contributed by atoms with Crippen LogP contribution in [0.1, 0.15) is 11.1 Å². The van der Waals surface area contributed by atoms with Crippen LogP contribution in [-0.4, -0.2) is 11.7 Å². The average Bonchev–Trinajstić information content (AvgIpc) is 2.83. The van der Waals surface area contributed by atoms with Crippen molar-refractivity contribution < 1.29 is 9.18 Å². The van der Waals surface area contributed by atoms with Gasteiger partial charge in [-0.15, -0.1) is 0 Å². The van der Waals surface area contributed by atoms with Gasteiger partial charge in [0.1, 0.15) is 17.3 Å². The Labute approximate surface area is 125 Å². The molecule has 1 aliphatic rings. The minimum atomic E-state index is -0.323. The van der Waals surface area contributed by atoms with Crippen molar-refractivity contribution in [1.29, 1.82) is 0 Å². The fraction of sp³-hybridized carbons (Fsp3) is 0. The second-order valence-electron chi connectivity index (χ2n) is 4.51. The molecule has 0 aliphatic carbocycles. The van der Waals surface area contributed by atoms with Crippen molar-refractivity contribution in [2.45, 2.75) is 0 Å². The highest BCUT2D eigenvalue weighted by atomic mass is 35.5. The van der Waals surface area contributed by atoms with E-state index in [9.17, 15) is 9.18 Å². The van der Waals surface area contributed by atoms with Gasteiger partial charge in [-0.05, 0) is 35.9 Å². The van der Waals surface area contributed by atoms with Gasteiger partial charge in [-0.2, -0.15) is 0 Å². The number of amidine groups is 1. The van der Waals surface area contributed by atoms with Gasteiger partial charge in [-0.25, -0.2) is 9.38 Å². The largest absolute Gasteiger partial charge is 0.305 e. The van der Waals surface area contributed by atoms with E-state index in [0.29, 0.717) is 16.4 Å². The zero-order valence-electron chi connectivity index (χ0n) is 10.8. The van der Waals surface area contributed by atoms with Gasteiger partial charge in [-0.3, -0.25) is 4.79 Å². The summed E-state index contributed by atoms with van der Waals surface area (Å²) in [6.07, 6.45) is 1.60. The molecule has 104 valence electrons. The first-order chi connectivity index (χ1) is 10.1. The van der Waals surface area contributed by atoms with Crippen molar-refractivity contribution in [3.05, 3.63) is 76.2 Å². The molecule has 0 saturated carbocycles. The second kappa shape index (κ2) is 5.50.